The van der Waals surface area contributed by atoms with E-state index in [9.17, 15) is 4.79 Å². The number of rotatable bonds is 5. The van der Waals surface area contributed by atoms with Crippen LogP contribution < -0.4 is 0 Å². The Kier molecular flexibility index (Phi) is 6.31. The summed E-state index contributed by atoms with van der Waals surface area (Å²) in [4.78, 5) is 13.9. The number of carbonyl (C=O) groups is 1. The van der Waals surface area contributed by atoms with Crippen molar-refractivity contribution in [2.75, 3.05) is 18.6 Å². The van der Waals surface area contributed by atoms with E-state index in [1.807, 2.05) is 17.2 Å². The molecular weight excluding hydrogens is 218 g/mol. The molecule has 1 aliphatic carbocycles. The molecule has 0 saturated carbocycles. The highest BCUT2D eigenvalue weighted by molar-refractivity contribution is 7.99. The van der Waals surface area contributed by atoms with Crippen LogP contribution in [0.1, 0.15) is 32.1 Å². The van der Waals surface area contributed by atoms with E-state index in [4.69, 9.17) is 0 Å². The summed E-state index contributed by atoms with van der Waals surface area (Å²) in [5.41, 5.74) is 1.21. The van der Waals surface area contributed by atoms with E-state index in [0.717, 1.165) is 12.8 Å². The molecule has 0 radical (unpaired) electrons. The zero-order valence-electron chi connectivity index (χ0n) is 10.1. The number of nitrogens with zero attached hydrogens (tertiary/aromatic N) is 1. The molecule has 16 heavy (non-hydrogen) atoms. The van der Waals surface area contributed by atoms with Gasteiger partial charge in [0.15, 0.2) is 0 Å². The SMILES string of the molecule is C=CCN(C(=O)CSC)C1=CCCCCC1. The van der Waals surface area contributed by atoms with Crippen molar-refractivity contribution in [2.24, 2.45) is 0 Å². The van der Waals surface area contributed by atoms with Gasteiger partial charge in [-0.15, -0.1) is 6.58 Å². The van der Waals surface area contributed by atoms with Gasteiger partial charge in [-0.05, 0) is 31.9 Å². The molecule has 0 N–H and O–H groups in total. The fourth-order valence-electron chi connectivity index (χ4n) is 1.95. The highest BCUT2D eigenvalue weighted by Crippen LogP contribution is 2.21. The van der Waals surface area contributed by atoms with Crippen molar-refractivity contribution in [3.63, 3.8) is 0 Å². The van der Waals surface area contributed by atoms with Gasteiger partial charge < -0.3 is 4.90 Å². The molecule has 1 amide bonds. The minimum absolute atomic E-state index is 0.209. The lowest BCUT2D eigenvalue weighted by atomic mass is 10.2. The molecular formula is C13H21NOS. The van der Waals surface area contributed by atoms with E-state index in [2.05, 4.69) is 12.7 Å². The Hall–Kier alpha value is -0.700. The molecule has 2 nitrogen and oxygen atoms in total. The number of carbonyl (C=O) groups excluding carboxylic acids is 1. The summed E-state index contributed by atoms with van der Waals surface area (Å²) >= 11 is 1.58. The van der Waals surface area contributed by atoms with E-state index in [1.54, 1.807) is 11.8 Å². The molecule has 0 heterocycles. The van der Waals surface area contributed by atoms with Crippen molar-refractivity contribution >= 4 is 17.7 Å². The second-order valence-corrected chi connectivity index (χ2v) is 4.89. The summed E-state index contributed by atoms with van der Waals surface area (Å²) in [5, 5.41) is 0. The lowest BCUT2D eigenvalue weighted by Crippen LogP contribution is -2.31. The Morgan fingerprint density at radius 1 is 1.56 bits per heavy atom. The Morgan fingerprint density at radius 3 is 3.06 bits per heavy atom. The number of hydrogen-bond donors (Lipinski definition) is 0. The number of thioether (sulfide) groups is 1. The lowest BCUT2D eigenvalue weighted by molar-refractivity contribution is -0.126. The largest absolute Gasteiger partial charge is 0.312 e. The molecule has 0 aromatic carbocycles. The molecule has 0 aromatic rings. The van der Waals surface area contributed by atoms with Crippen LogP contribution >= 0.6 is 11.8 Å². The highest BCUT2D eigenvalue weighted by Gasteiger charge is 2.16. The van der Waals surface area contributed by atoms with Crippen molar-refractivity contribution in [3.05, 3.63) is 24.4 Å². The third kappa shape index (κ3) is 4.05. The second kappa shape index (κ2) is 7.55. The lowest BCUT2D eigenvalue weighted by Gasteiger charge is -2.23. The van der Waals surface area contributed by atoms with Gasteiger partial charge in [0.25, 0.3) is 0 Å². The van der Waals surface area contributed by atoms with Gasteiger partial charge in [-0.2, -0.15) is 11.8 Å². The minimum atomic E-state index is 0.209. The van der Waals surface area contributed by atoms with E-state index >= 15 is 0 Å². The first-order valence-corrected chi connectivity index (χ1v) is 7.28. The molecule has 0 unspecified atom stereocenters. The maximum absolute atomic E-state index is 12.0. The first kappa shape index (κ1) is 13.4. The highest BCUT2D eigenvalue weighted by atomic mass is 32.2. The molecule has 0 atom stereocenters. The minimum Gasteiger partial charge on any atom is -0.312 e. The Labute approximate surface area is 103 Å². The maximum atomic E-state index is 12.0. The van der Waals surface area contributed by atoms with Crippen molar-refractivity contribution in [3.8, 4) is 0 Å². The Bertz CT molecular complexity index is 273. The van der Waals surface area contributed by atoms with Crippen LogP contribution in [0.4, 0.5) is 0 Å². The first-order valence-electron chi connectivity index (χ1n) is 5.89. The number of amides is 1. The van der Waals surface area contributed by atoms with Gasteiger partial charge >= 0.3 is 0 Å². The van der Waals surface area contributed by atoms with Gasteiger partial charge in [0.2, 0.25) is 5.91 Å². The summed E-state index contributed by atoms with van der Waals surface area (Å²) in [6.45, 7) is 4.38. The third-order valence-corrected chi connectivity index (χ3v) is 3.28. The molecule has 1 aliphatic rings. The van der Waals surface area contributed by atoms with E-state index < -0.39 is 0 Å². The zero-order valence-corrected chi connectivity index (χ0v) is 10.9. The van der Waals surface area contributed by atoms with Crippen LogP contribution in [0, 0.1) is 0 Å². The molecule has 0 bridgehead atoms. The average molecular weight is 239 g/mol. The summed E-state index contributed by atoms with van der Waals surface area (Å²) in [6.07, 6.45) is 11.9. The molecule has 0 spiro atoms. The van der Waals surface area contributed by atoms with Crippen LogP contribution in [0.25, 0.3) is 0 Å². The smallest absolute Gasteiger partial charge is 0.236 e. The van der Waals surface area contributed by atoms with Crippen molar-refractivity contribution in [2.45, 2.75) is 32.1 Å². The summed E-state index contributed by atoms with van der Waals surface area (Å²) in [5.74, 6) is 0.770. The van der Waals surface area contributed by atoms with Gasteiger partial charge in [-0.3, -0.25) is 4.79 Å². The van der Waals surface area contributed by atoms with Crippen molar-refractivity contribution in [1.29, 1.82) is 0 Å². The maximum Gasteiger partial charge on any atom is 0.236 e. The second-order valence-electron chi connectivity index (χ2n) is 4.02. The van der Waals surface area contributed by atoms with E-state index in [1.165, 1.54) is 25.0 Å². The van der Waals surface area contributed by atoms with Crippen LogP contribution in [0.3, 0.4) is 0 Å². The van der Waals surface area contributed by atoms with Gasteiger partial charge in [0.05, 0.1) is 5.75 Å². The Morgan fingerprint density at radius 2 is 2.38 bits per heavy atom. The van der Waals surface area contributed by atoms with E-state index in [0.29, 0.717) is 12.3 Å². The van der Waals surface area contributed by atoms with Crippen LogP contribution in [-0.4, -0.2) is 29.4 Å². The number of hydrogen-bond acceptors (Lipinski definition) is 2. The number of allylic oxidation sites excluding steroid dienone is 2. The molecule has 0 fully saturated rings. The summed E-state index contributed by atoms with van der Waals surface area (Å²) < 4.78 is 0. The van der Waals surface area contributed by atoms with Gasteiger partial charge in [0.1, 0.15) is 0 Å². The monoisotopic (exact) mass is 239 g/mol. The fraction of sp³-hybridized carbons (Fsp3) is 0.615. The molecule has 1 rings (SSSR count). The van der Waals surface area contributed by atoms with Gasteiger partial charge in [-0.1, -0.05) is 18.6 Å². The fourth-order valence-corrected chi connectivity index (χ4v) is 2.36. The zero-order chi connectivity index (χ0) is 11.8. The normalized spacial score (nSPS) is 16.2. The average Bonchev–Trinajstić information content (AvgIpc) is 2.54. The topological polar surface area (TPSA) is 20.3 Å². The molecule has 3 heteroatoms. The molecule has 90 valence electrons. The molecule has 0 aromatic heterocycles. The summed E-state index contributed by atoms with van der Waals surface area (Å²) in [7, 11) is 0. The van der Waals surface area contributed by atoms with Crippen LogP contribution in [0.15, 0.2) is 24.4 Å². The predicted molar refractivity (Wildman–Crippen MR) is 71.5 cm³/mol. The Balaban J connectivity index is 2.70. The quantitative estimate of drug-likeness (QED) is 0.687. The van der Waals surface area contributed by atoms with Crippen molar-refractivity contribution in [1.82, 2.24) is 4.90 Å². The van der Waals surface area contributed by atoms with Gasteiger partial charge in [-0.25, -0.2) is 0 Å². The van der Waals surface area contributed by atoms with Gasteiger partial charge in [0, 0.05) is 12.2 Å². The van der Waals surface area contributed by atoms with E-state index in [-0.39, 0.29) is 5.91 Å². The standard InChI is InChI=1S/C13H21NOS/c1-3-10-14(13(15)11-16-2)12-8-6-4-5-7-9-12/h3,8H,1,4-7,9-11H2,2H3. The summed E-state index contributed by atoms with van der Waals surface area (Å²) in [6, 6.07) is 0. The predicted octanol–water partition coefficient (Wildman–Crippen LogP) is 3.21. The first-order chi connectivity index (χ1) is 7.79. The van der Waals surface area contributed by atoms with Crippen LogP contribution in [-0.2, 0) is 4.79 Å². The third-order valence-electron chi connectivity index (χ3n) is 2.74. The molecule has 0 aliphatic heterocycles. The van der Waals surface area contributed by atoms with Crippen LogP contribution in [0.5, 0.6) is 0 Å². The molecule has 0 saturated heterocycles. The van der Waals surface area contributed by atoms with Crippen molar-refractivity contribution < 1.29 is 4.79 Å². The van der Waals surface area contributed by atoms with Crippen LogP contribution in [0.2, 0.25) is 0 Å².